The molecule has 0 saturated heterocycles. The summed E-state index contributed by atoms with van der Waals surface area (Å²) in [6.07, 6.45) is 0. The fraction of sp³-hybridized carbons (Fsp3) is 0.263. The predicted molar refractivity (Wildman–Crippen MR) is 99.6 cm³/mol. The van der Waals surface area contributed by atoms with Crippen LogP contribution in [0.2, 0.25) is 0 Å². The number of anilines is 1. The number of carbonyl (C=O) groups is 2. The number of hydrogen-bond donors (Lipinski definition) is 4. The lowest BCUT2D eigenvalue weighted by molar-refractivity contribution is 0.0948. The summed E-state index contributed by atoms with van der Waals surface area (Å²) in [4.78, 5) is 23.8. The van der Waals surface area contributed by atoms with Crippen LogP contribution in [0.3, 0.4) is 0 Å². The van der Waals surface area contributed by atoms with Crippen LogP contribution in [0.1, 0.15) is 29.8 Å². The Hall–Kier alpha value is -3.22. The van der Waals surface area contributed by atoms with Crippen LogP contribution in [-0.2, 0) is 6.54 Å². The maximum atomic E-state index is 12.2. The van der Waals surface area contributed by atoms with Crippen molar-refractivity contribution in [1.29, 1.82) is 0 Å². The van der Waals surface area contributed by atoms with Crippen LogP contribution in [0, 0.1) is 0 Å². The topological polar surface area (TPSA) is 99.7 Å². The van der Waals surface area contributed by atoms with E-state index in [0.29, 0.717) is 18.0 Å². The summed E-state index contributed by atoms with van der Waals surface area (Å²) in [5.41, 5.74) is 1.70. The number of amides is 3. The Morgan fingerprint density at radius 1 is 1.12 bits per heavy atom. The highest BCUT2D eigenvalue weighted by Crippen LogP contribution is 2.23. The molecule has 26 heavy (non-hydrogen) atoms. The average molecular weight is 357 g/mol. The van der Waals surface area contributed by atoms with Crippen LogP contribution >= 0.6 is 0 Å². The number of methoxy groups -OCH3 is 1. The van der Waals surface area contributed by atoms with Gasteiger partial charge in [0.05, 0.1) is 12.7 Å². The van der Waals surface area contributed by atoms with E-state index in [1.807, 2.05) is 13.8 Å². The van der Waals surface area contributed by atoms with Crippen LogP contribution < -0.4 is 20.7 Å². The Kier molecular flexibility index (Phi) is 6.43. The first kappa shape index (κ1) is 19.1. The molecule has 0 spiro atoms. The highest BCUT2D eigenvalue weighted by molar-refractivity contribution is 5.97. The fourth-order valence-electron chi connectivity index (χ4n) is 2.24. The largest absolute Gasteiger partial charge is 0.507 e. The van der Waals surface area contributed by atoms with Gasteiger partial charge in [-0.1, -0.05) is 12.1 Å². The van der Waals surface area contributed by atoms with E-state index in [1.54, 1.807) is 30.3 Å². The van der Waals surface area contributed by atoms with E-state index in [0.717, 1.165) is 5.56 Å². The van der Waals surface area contributed by atoms with Crippen LogP contribution in [0.5, 0.6) is 11.5 Å². The number of ether oxygens (including phenoxy) is 1. The van der Waals surface area contributed by atoms with Gasteiger partial charge in [0.2, 0.25) is 0 Å². The molecule has 3 amide bonds. The molecule has 0 radical (unpaired) electrons. The molecule has 0 atom stereocenters. The third-order valence-corrected chi connectivity index (χ3v) is 3.53. The molecule has 0 aliphatic carbocycles. The molecule has 2 aromatic carbocycles. The third-order valence-electron chi connectivity index (χ3n) is 3.53. The summed E-state index contributed by atoms with van der Waals surface area (Å²) in [6.45, 7) is 4.06. The van der Waals surface area contributed by atoms with E-state index in [4.69, 9.17) is 4.74 Å². The minimum absolute atomic E-state index is 0.0545. The van der Waals surface area contributed by atoms with Gasteiger partial charge < -0.3 is 25.8 Å². The molecule has 138 valence electrons. The fourth-order valence-corrected chi connectivity index (χ4v) is 2.24. The van der Waals surface area contributed by atoms with E-state index >= 15 is 0 Å². The molecule has 2 rings (SSSR count). The lowest BCUT2D eigenvalue weighted by atomic mass is 10.1. The first-order chi connectivity index (χ1) is 12.4. The van der Waals surface area contributed by atoms with Gasteiger partial charge in [-0.15, -0.1) is 0 Å². The molecule has 4 N–H and O–H groups in total. The summed E-state index contributed by atoms with van der Waals surface area (Å²) in [5.74, 6) is -0.0510. The summed E-state index contributed by atoms with van der Waals surface area (Å²) in [5, 5.41) is 18.1. The van der Waals surface area contributed by atoms with Crippen LogP contribution in [0.4, 0.5) is 10.5 Å². The molecule has 0 aliphatic heterocycles. The zero-order valence-electron chi connectivity index (χ0n) is 15.0. The summed E-state index contributed by atoms with van der Waals surface area (Å²) in [7, 11) is 1.49. The number of hydrogen-bond acceptors (Lipinski definition) is 4. The van der Waals surface area contributed by atoms with Gasteiger partial charge in [-0.3, -0.25) is 4.79 Å². The van der Waals surface area contributed by atoms with E-state index < -0.39 is 0 Å². The number of carbonyl (C=O) groups excluding carboxylic acids is 2. The lowest BCUT2D eigenvalue weighted by Crippen LogP contribution is -2.34. The first-order valence-electron chi connectivity index (χ1n) is 8.20. The minimum Gasteiger partial charge on any atom is -0.507 e. The van der Waals surface area contributed by atoms with Crippen molar-refractivity contribution in [2.45, 2.75) is 26.4 Å². The van der Waals surface area contributed by atoms with Crippen LogP contribution in [0.15, 0.2) is 42.5 Å². The average Bonchev–Trinajstić information content (AvgIpc) is 2.60. The van der Waals surface area contributed by atoms with Crippen molar-refractivity contribution in [3.63, 3.8) is 0 Å². The molecule has 0 unspecified atom stereocenters. The van der Waals surface area contributed by atoms with Crippen molar-refractivity contribution in [2.75, 3.05) is 12.4 Å². The van der Waals surface area contributed by atoms with Gasteiger partial charge in [0, 0.05) is 24.3 Å². The summed E-state index contributed by atoms with van der Waals surface area (Å²) in [6, 6.07) is 11.4. The Morgan fingerprint density at radius 3 is 2.38 bits per heavy atom. The number of benzene rings is 2. The second-order valence-electron chi connectivity index (χ2n) is 6.02. The Labute approximate surface area is 152 Å². The SMILES string of the molecule is COc1ccc(C(=O)NCc2ccc(NC(=O)NC(C)C)cc2)c(O)c1. The van der Waals surface area contributed by atoms with Crippen molar-refractivity contribution in [3.8, 4) is 11.5 Å². The molecule has 0 bridgehead atoms. The maximum absolute atomic E-state index is 12.2. The second-order valence-corrected chi connectivity index (χ2v) is 6.02. The first-order valence-corrected chi connectivity index (χ1v) is 8.20. The second kappa shape index (κ2) is 8.75. The molecule has 0 heterocycles. The van der Waals surface area contributed by atoms with Crippen molar-refractivity contribution in [3.05, 3.63) is 53.6 Å². The molecule has 0 saturated carbocycles. The molecule has 0 aliphatic rings. The van der Waals surface area contributed by atoms with Gasteiger partial charge in [0.25, 0.3) is 5.91 Å². The zero-order chi connectivity index (χ0) is 19.1. The minimum atomic E-state index is -0.385. The lowest BCUT2D eigenvalue weighted by Gasteiger charge is -2.11. The smallest absolute Gasteiger partial charge is 0.319 e. The van der Waals surface area contributed by atoms with Crippen molar-refractivity contribution >= 4 is 17.6 Å². The van der Waals surface area contributed by atoms with Gasteiger partial charge >= 0.3 is 6.03 Å². The van der Waals surface area contributed by atoms with Crippen molar-refractivity contribution in [1.82, 2.24) is 10.6 Å². The molecular formula is C19H23N3O4. The summed E-state index contributed by atoms with van der Waals surface area (Å²) >= 11 is 0. The number of phenolic OH excluding ortho intramolecular Hbond substituents is 1. The van der Waals surface area contributed by atoms with E-state index in [9.17, 15) is 14.7 Å². The van der Waals surface area contributed by atoms with E-state index in [1.165, 1.54) is 19.2 Å². The number of rotatable bonds is 6. The number of urea groups is 1. The molecule has 0 fully saturated rings. The standard InChI is InChI=1S/C19H23N3O4/c1-12(2)21-19(25)22-14-6-4-13(5-7-14)11-20-18(24)16-9-8-15(26-3)10-17(16)23/h4-10,12,23H,11H2,1-3H3,(H,20,24)(H2,21,22,25). The number of phenols is 1. The highest BCUT2D eigenvalue weighted by Gasteiger charge is 2.11. The Morgan fingerprint density at radius 2 is 1.81 bits per heavy atom. The zero-order valence-corrected chi connectivity index (χ0v) is 15.0. The van der Waals surface area contributed by atoms with Gasteiger partial charge in [0.1, 0.15) is 11.5 Å². The predicted octanol–water partition coefficient (Wildman–Crippen LogP) is 2.86. The van der Waals surface area contributed by atoms with Gasteiger partial charge in [0.15, 0.2) is 0 Å². The molecule has 7 nitrogen and oxygen atoms in total. The normalized spacial score (nSPS) is 10.3. The molecule has 7 heteroatoms. The van der Waals surface area contributed by atoms with Crippen LogP contribution in [0.25, 0.3) is 0 Å². The van der Waals surface area contributed by atoms with E-state index in [-0.39, 0.29) is 29.3 Å². The Bertz CT molecular complexity index is 773. The molecule has 0 aromatic heterocycles. The van der Waals surface area contributed by atoms with Gasteiger partial charge in [-0.25, -0.2) is 4.79 Å². The summed E-state index contributed by atoms with van der Waals surface area (Å²) < 4.78 is 4.99. The van der Waals surface area contributed by atoms with Gasteiger partial charge in [-0.05, 0) is 43.7 Å². The number of aromatic hydroxyl groups is 1. The van der Waals surface area contributed by atoms with Crippen molar-refractivity contribution < 1.29 is 19.4 Å². The van der Waals surface area contributed by atoms with Gasteiger partial charge in [-0.2, -0.15) is 0 Å². The number of nitrogens with one attached hydrogen (secondary N) is 3. The monoisotopic (exact) mass is 357 g/mol. The van der Waals surface area contributed by atoms with Crippen LogP contribution in [-0.4, -0.2) is 30.2 Å². The Balaban J connectivity index is 1.91. The third kappa shape index (κ3) is 5.41. The quantitative estimate of drug-likeness (QED) is 0.639. The highest BCUT2D eigenvalue weighted by atomic mass is 16.5. The van der Waals surface area contributed by atoms with Crippen molar-refractivity contribution in [2.24, 2.45) is 0 Å². The molecule has 2 aromatic rings. The maximum Gasteiger partial charge on any atom is 0.319 e. The molecular weight excluding hydrogens is 334 g/mol. The van der Waals surface area contributed by atoms with E-state index in [2.05, 4.69) is 16.0 Å².